The minimum absolute atomic E-state index is 0.00638. The summed E-state index contributed by atoms with van der Waals surface area (Å²) in [7, 11) is 0. The summed E-state index contributed by atoms with van der Waals surface area (Å²) in [6.07, 6.45) is 1.38. The van der Waals surface area contributed by atoms with E-state index in [1.807, 2.05) is 36.4 Å². The van der Waals surface area contributed by atoms with Gasteiger partial charge < -0.3 is 16.0 Å². The molecule has 1 aromatic rings. The Balaban J connectivity index is 2.87. The molecule has 0 aliphatic heterocycles. The number of H-pyrrole nitrogens is 1. The van der Waals surface area contributed by atoms with E-state index in [2.05, 4.69) is 15.3 Å². The van der Waals surface area contributed by atoms with Gasteiger partial charge in [0.15, 0.2) is 0 Å². The zero-order chi connectivity index (χ0) is 10.7. The second-order valence-electron chi connectivity index (χ2n) is 3.19. The van der Waals surface area contributed by atoms with E-state index < -0.39 is 0 Å². The van der Waals surface area contributed by atoms with Gasteiger partial charge in [-0.1, -0.05) is 0 Å². The Labute approximate surface area is 95.6 Å². The molecule has 0 saturated heterocycles. The Hall–Kier alpha value is -0.630. The average Bonchev–Trinajstić information content (AvgIpc) is 2.12. The first-order valence-electron chi connectivity index (χ1n) is 4.27. The van der Waals surface area contributed by atoms with Crippen LogP contribution in [0.3, 0.4) is 0 Å². The van der Waals surface area contributed by atoms with E-state index in [4.69, 9.17) is 5.73 Å². The molecule has 0 saturated carbocycles. The second-order valence-corrected chi connectivity index (χ2v) is 4.27. The second kappa shape index (κ2) is 4.74. The topological polar surface area (TPSA) is 83.8 Å². The molecule has 0 amide bonds. The molecule has 1 rings (SSSR count). The first-order chi connectivity index (χ1) is 6.52. The van der Waals surface area contributed by atoms with Crippen LogP contribution in [0.4, 0.5) is 5.82 Å². The van der Waals surface area contributed by atoms with Crippen LogP contribution in [0.1, 0.15) is 13.8 Å². The van der Waals surface area contributed by atoms with Gasteiger partial charge in [0.1, 0.15) is 9.39 Å². The van der Waals surface area contributed by atoms with Gasteiger partial charge in [0.05, 0.1) is 6.33 Å². The monoisotopic (exact) mass is 308 g/mol. The van der Waals surface area contributed by atoms with Crippen LogP contribution in [-0.2, 0) is 0 Å². The molecule has 0 spiro atoms. The number of nitrogens with one attached hydrogen (secondary N) is 2. The Kier molecular flexibility index (Phi) is 3.87. The SMILES string of the molecule is CC(N)C(C)Nc1nc[nH]c(=O)c1I. The molecule has 1 heterocycles. The molecule has 2 atom stereocenters. The van der Waals surface area contributed by atoms with Gasteiger partial charge in [-0.3, -0.25) is 4.79 Å². The Bertz CT molecular complexity index is 363. The number of aromatic amines is 1. The smallest absolute Gasteiger partial charge is 0.266 e. The van der Waals surface area contributed by atoms with E-state index in [-0.39, 0.29) is 17.6 Å². The molecule has 0 bridgehead atoms. The summed E-state index contributed by atoms with van der Waals surface area (Å²) in [6, 6.07) is 0.0877. The Morgan fingerprint density at radius 1 is 1.64 bits per heavy atom. The summed E-state index contributed by atoms with van der Waals surface area (Å²) in [5, 5.41) is 3.09. The number of hydrogen-bond donors (Lipinski definition) is 3. The molecule has 0 fully saturated rings. The number of hydrogen-bond acceptors (Lipinski definition) is 4. The molecule has 0 radical (unpaired) electrons. The van der Waals surface area contributed by atoms with Crippen LogP contribution in [0.2, 0.25) is 0 Å². The third-order valence-electron chi connectivity index (χ3n) is 1.95. The number of anilines is 1. The van der Waals surface area contributed by atoms with E-state index in [1.165, 1.54) is 6.33 Å². The van der Waals surface area contributed by atoms with Gasteiger partial charge in [0.2, 0.25) is 0 Å². The summed E-state index contributed by atoms with van der Waals surface area (Å²) in [5.74, 6) is 0.583. The summed E-state index contributed by atoms with van der Waals surface area (Å²) in [4.78, 5) is 17.7. The average molecular weight is 308 g/mol. The van der Waals surface area contributed by atoms with Crippen LogP contribution < -0.4 is 16.6 Å². The maximum atomic E-state index is 11.2. The van der Waals surface area contributed by atoms with Gasteiger partial charge in [-0.2, -0.15) is 0 Å². The molecular formula is C8H13IN4O. The van der Waals surface area contributed by atoms with Crippen molar-refractivity contribution >= 4 is 28.4 Å². The molecule has 0 aromatic carbocycles. The predicted octanol–water partition coefficient (Wildman–Crippen LogP) is 0.522. The lowest BCUT2D eigenvalue weighted by atomic mass is 10.2. The van der Waals surface area contributed by atoms with Crippen molar-refractivity contribution in [3.05, 3.63) is 20.3 Å². The molecule has 78 valence electrons. The quantitative estimate of drug-likeness (QED) is 0.711. The third-order valence-corrected chi connectivity index (χ3v) is 2.95. The lowest BCUT2D eigenvalue weighted by molar-refractivity contribution is 0.635. The highest BCUT2D eigenvalue weighted by atomic mass is 127. The van der Waals surface area contributed by atoms with Crippen molar-refractivity contribution in [2.24, 2.45) is 5.73 Å². The van der Waals surface area contributed by atoms with Crippen LogP contribution in [-0.4, -0.2) is 22.1 Å². The number of rotatable bonds is 3. The zero-order valence-corrected chi connectivity index (χ0v) is 10.2. The highest BCUT2D eigenvalue weighted by molar-refractivity contribution is 14.1. The molecular weight excluding hydrogens is 295 g/mol. The van der Waals surface area contributed by atoms with Crippen molar-refractivity contribution in [3.63, 3.8) is 0 Å². The molecule has 5 nitrogen and oxygen atoms in total. The van der Waals surface area contributed by atoms with Crippen molar-refractivity contribution < 1.29 is 0 Å². The first-order valence-corrected chi connectivity index (χ1v) is 5.35. The molecule has 0 aliphatic carbocycles. The lowest BCUT2D eigenvalue weighted by Gasteiger charge is -2.18. The normalized spacial score (nSPS) is 14.9. The van der Waals surface area contributed by atoms with E-state index in [1.54, 1.807) is 0 Å². The molecule has 14 heavy (non-hydrogen) atoms. The molecule has 6 heteroatoms. The largest absolute Gasteiger partial charge is 0.365 e. The number of halogens is 1. The highest BCUT2D eigenvalue weighted by Gasteiger charge is 2.11. The molecule has 2 unspecified atom stereocenters. The molecule has 1 aromatic heterocycles. The first kappa shape index (κ1) is 11.4. The van der Waals surface area contributed by atoms with Gasteiger partial charge in [-0.15, -0.1) is 0 Å². The van der Waals surface area contributed by atoms with E-state index in [0.29, 0.717) is 9.39 Å². The third kappa shape index (κ3) is 2.68. The van der Waals surface area contributed by atoms with E-state index in [0.717, 1.165) is 0 Å². The standard InChI is InChI=1S/C8H13IN4O/c1-4(10)5(2)13-7-6(9)8(14)12-3-11-7/h3-5H,10H2,1-2H3,(H2,11,12,13,14). The van der Waals surface area contributed by atoms with Crippen molar-refractivity contribution in [2.45, 2.75) is 25.9 Å². The maximum Gasteiger partial charge on any atom is 0.266 e. The summed E-state index contributed by atoms with van der Waals surface area (Å²) in [6.45, 7) is 3.85. The van der Waals surface area contributed by atoms with Crippen LogP contribution in [0.5, 0.6) is 0 Å². The van der Waals surface area contributed by atoms with Crippen LogP contribution in [0.15, 0.2) is 11.1 Å². The minimum Gasteiger partial charge on any atom is -0.365 e. The zero-order valence-electron chi connectivity index (χ0n) is 8.04. The number of aromatic nitrogens is 2. The summed E-state index contributed by atoms with van der Waals surface area (Å²) >= 11 is 1.95. The predicted molar refractivity (Wildman–Crippen MR) is 64.3 cm³/mol. The summed E-state index contributed by atoms with van der Waals surface area (Å²) < 4.78 is 0.553. The van der Waals surface area contributed by atoms with Crippen LogP contribution in [0, 0.1) is 3.57 Å². The fourth-order valence-corrected chi connectivity index (χ4v) is 1.28. The maximum absolute atomic E-state index is 11.2. The van der Waals surface area contributed by atoms with Crippen molar-refractivity contribution in [1.82, 2.24) is 9.97 Å². The Morgan fingerprint density at radius 2 is 2.29 bits per heavy atom. The van der Waals surface area contributed by atoms with Crippen molar-refractivity contribution in [2.75, 3.05) is 5.32 Å². The van der Waals surface area contributed by atoms with Gasteiger partial charge in [0.25, 0.3) is 5.56 Å². The van der Waals surface area contributed by atoms with Crippen molar-refractivity contribution in [1.29, 1.82) is 0 Å². The lowest BCUT2D eigenvalue weighted by Crippen LogP contribution is -2.36. The summed E-state index contributed by atoms with van der Waals surface area (Å²) in [5.41, 5.74) is 5.55. The molecule has 0 aliphatic rings. The Morgan fingerprint density at radius 3 is 2.86 bits per heavy atom. The number of nitrogens with two attached hydrogens (primary N) is 1. The van der Waals surface area contributed by atoms with Gasteiger partial charge in [-0.05, 0) is 36.4 Å². The van der Waals surface area contributed by atoms with Gasteiger partial charge >= 0.3 is 0 Å². The fourth-order valence-electron chi connectivity index (χ4n) is 0.831. The van der Waals surface area contributed by atoms with Gasteiger partial charge in [-0.25, -0.2) is 4.98 Å². The van der Waals surface area contributed by atoms with Gasteiger partial charge in [0, 0.05) is 12.1 Å². The van der Waals surface area contributed by atoms with E-state index in [9.17, 15) is 4.79 Å². The fraction of sp³-hybridized carbons (Fsp3) is 0.500. The van der Waals surface area contributed by atoms with E-state index >= 15 is 0 Å². The van der Waals surface area contributed by atoms with Crippen molar-refractivity contribution in [3.8, 4) is 0 Å². The molecule has 4 N–H and O–H groups in total. The number of nitrogens with zero attached hydrogens (tertiary/aromatic N) is 1. The van der Waals surface area contributed by atoms with Crippen LogP contribution in [0.25, 0.3) is 0 Å². The minimum atomic E-state index is -0.139. The highest BCUT2D eigenvalue weighted by Crippen LogP contribution is 2.10. The van der Waals surface area contributed by atoms with Crippen LogP contribution >= 0.6 is 22.6 Å².